The van der Waals surface area contributed by atoms with Crippen LogP contribution in [0.1, 0.15) is 24.2 Å². The number of hydrogen-bond acceptors (Lipinski definition) is 4. The van der Waals surface area contributed by atoms with Crippen LogP contribution in [0.4, 0.5) is 0 Å². The van der Waals surface area contributed by atoms with Gasteiger partial charge in [0, 0.05) is 0 Å². The second-order valence-electron chi connectivity index (χ2n) is 4.30. The van der Waals surface area contributed by atoms with Crippen molar-refractivity contribution in [1.29, 1.82) is 0 Å². The third-order valence-electron chi connectivity index (χ3n) is 2.89. The molecule has 0 spiro atoms. The summed E-state index contributed by atoms with van der Waals surface area (Å²) in [5.74, 6) is 0.700. The normalized spacial score (nSPS) is 13.4. The summed E-state index contributed by atoms with van der Waals surface area (Å²) in [7, 11) is 0. The summed E-state index contributed by atoms with van der Waals surface area (Å²) >= 11 is 0.127. The summed E-state index contributed by atoms with van der Waals surface area (Å²) in [5.41, 5.74) is -1.71. The molecule has 4 nitrogen and oxygen atoms in total. The minimum atomic E-state index is -2.01. The summed E-state index contributed by atoms with van der Waals surface area (Å²) < 4.78 is 5.68. The maximum absolute atomic E-state index is 12.4. The molecule has 1 aromatic carbocycles. The van der Waals surface area contributed by atoms with Gasteiger partial charge in [0.15, 0.2) is 0 Å². The first-order valence-electron chi connectivity index (χ1n) is 6.13. The number of aliphatic hydroxyl groups is 1. The molecule has 1 rings (SSSR count). The minimum absolute atomic E-state index is 0.127. The van der Waals surface area contributed by atoms with Gasteiger partial charge in [0.1, 0.15) is 0 Å². The Morgan fingerprint density at radius 2 is 2.00 bits per heavy atom. The molecule has 0 aliphatic carbocycles. The van der Waals surface area contributed by atoms with Gasteiger partial charge in [0.2, 0.25) is 0 Å². The van der Waals surface area contributed by atoms with Crippen LogP contribution in [0.2, 0.25) is 5.82 Å². The van der Waals surface area contributed by atoms with E-state index >= 15 is 0 Å². The number of rotatable bonds is 6. The number of hydrogen-bond donors (Lipinski definition) is 1. The Morgan fingerprint density at radius 3 is 2.55 bits per heavy atom. The molecule has 5 heteroatoms. The molecule has 108 valence electrons. The average Bonchev–Trinajstić information content (AvgIpc) is 2.45. The van der Waals surface area contributed by atoms with Crippen molar-refractivity contribution < 1.29 is 19.4 Å². The molecular weight excluding hydrogens is 323 g/mol. The van der Waals surface area contributed by atoms with Crippen LogP contribution >= 0.6 is 0 Å². The summed E-state index contributed by atoms with van der Waals surface area (Å²) in [6, 6.07) is 7.13. The van der Waals surface area contributed by atoms with E-state index in [-0.39, 0.29) is 27.1 Å². The van der Waals surface area contributed by atoms with Crippen molar-refractivity contribution in [3.05, 3.63) is 42.0 Å². The van der Waals surface area contributed by atoms with Gasteiger partial charge in [-0.15, -0.1) is 0 Å². The number of carbonyl (C=O) groups excluding carboxylic acids is 2. The first kappa shape index (κ1) is 16.6. The van der Waals surface area contributed by atoms with Crippen LogP contribution in [0.15, 0.2) is 36.4 Å². The average molecular weight is 341 g/mol. The van der Waals surface area contributed by atoms with Crippen LogP contribution in [-0.4, -0.2) is 44.0 Å². The van der Waals surface area contributed by atoms with Gasteiger partial charge < -0.3 is 0 Å². The predicted octanol–water partition coefficient (Wildman–Crippen LogP) is 1.12. The fourth-order valence-corrected chi connectivity index (χ4v) is 2.86. The molecule has 0 amide bonds. The number of carbonyl (C=O) groups is 2. The van der Waals surface area contributed by atoms with Gasteiger partial charge in [-0.3, -0.25) is 0 Å². The summed E-state index contributed by atoms with van der Waals surface area (Å²) in [5, 5.41) is 10.2. The molecule has 0 fully saturated rings. The molecule has 1 unspecified atom stereocenters. The molecule has 1 aromatic rings. The van der Waals surface area contributed by atoms with E-state index in [4.69, 9.17) is 4.74 Å². The van der Waals surface area contributed by atoms with Gasteiger partial charge in [0.05, 0.1) is 0 Å². The van der Waals surface area contributed by atoms with Crippen LogP contribution in [0, 0.1) is 0 Å². The van der Waals surface area contributed by atoms with E-state index in [1.165, 1.54) is 6.92 Å². The zero-order chi connectivity index (χ0) is 15.3. The van der Waals surface area contributed by atoms with Gasteiger partial charge in [-0.05, 0) is 0 Å². The van der Waals surface area contributed by atoms with Crippen molar-refractivity contribution in [2.75, 3.05) is 6.61 Å². The van der Waals surface area contributed by atoms with Gasteiger partial charge in [-0.25, -0.2) is 0 Å². The van der Waals surface area contributed by atoms with Crippen LogP contribution < -0.4 is 4.46 Å². The fourth-order valence-electron chi connectivity index (χ4n) is 1.61. The second kappa shape index (κ2) is 6.84. The Hall–Kier alpha value is -1.42. The number of esters is 1. The second-order valence-corrected chi connectivity index (χ2v) is 6.08. The van der Waals surface area contributed by atoms with Gasteiger partial charge in [-0.1, -0.05) is 0 Å². The molecule has 0 aromatic heterocycles. The Balaban J connectivity index is 3.08. The van der Waals surface area contributed by atoms with E-state index in [1.807, 2.05) is 18.0 Å². The van der Waals surface area contributed by atoms with E-state index in [2.05, 4.69) is 6.58 Å². The maximum atomic E-state index is 12.4. The zero-order valence-corrected chi connectivity index (χ0v) is 13.5. The topological polar surface area (TPSA) is 63.6 Å². The van der Waals surface area contributed by atoms with Crippen molar-refractivity contribution in [2.24, 2.45) is 0 Å². The number of Topliss-reactive ketones (excluding diaryl/α,β-unsaturated/α-hetero) is 1. The Labute approximate surface area is 125 Å². The molecule has 0 heterocycles. The standard InChI is InChI=1S/C15H18O4Se/c1-5-19-14(17)15(3,18)10(2)13(16)11-8-6-7-9-12(11)20-4/h6-9,18H,2,5H2,1,3-4H3. The van der Waals surface area contributed by atoms with Gasteiger partial charge >= 0.3 is 124 Å². The third-order valence-corrected chi connectivity index (χ3v) is 4.56. The molecule has 0 aliphatic rings. The molecule has 1 atom stereocenters. The quantitative estimate of drug-likeness (QED) is 0.365. The van der Waals surface area contributed by atoms with E-state index in [0.717, 1.165) is 4.46 Å². The monoisotopic (exact) mass is 342 g/mol. The van der Waals surface area contributed by atoms with Crippen LogP contribution in [0.5, 0.6) is 0 Å². The summed E-state index contributed by atoms with van der Waals surface area (Å²) in [6.07, 6.45) is 0. The molecule has 0 aliphatic heterocycles. The van der Waals surface area contributed by atoms with E-state index in [1.54, 1.807) is 19.1 Å². The first-order valence-corrected chi connectivity index (χ1v) is 8.69. The third kappa shape index (κ3) is 3.37. The van der Waals surface area contributed by atoms with Crippen LogP contribution in [-0.2, 0) is 9.53 Å². The zero-order valence-electron chi connectivity index (χ0n) is 11.8. The predicted molar refractivity (Wildman–Crippen MR) is 78.4 cm³/mol. The molecule has 0 radical (unpaired) electrons. The van der Waals surface area contributed by atoms with E-state index in [0.29, 0.717) is 5.56 Å². The Morgan fingerprint density at radius 1 is 1.40 bits per heavy atom. The van der Waals surface area contributed by atoms with Crippen molar-refractivity contribution in [2.45, 2.75) is 25.3 Å². The Bertz CT molecular complexity index is 534. The number of ether oxygens (including phenoxy) is 1. The molecule has 20 heavy (non-hydrogen) atoms. The summed E-state index contributed by atoms with van der Waals surface area (Å²) in [6.45, 7) is 6.58. The van der Waals surface area contributed by atoms with Crippen molar-refractivity contribution >= 4 is 31.2 Å². The van der Waals surface area contributed by atoms with E-state index < -0.39 is 17.4 Å². The molecule has 1 N–H and O–H groups in total. The summed E-state index contributed by atoms with van der Waals surface area (Å²) in [4.78, 5) is 24.1. The van der Waals surface area contributed by atoms with Crippen molar-refractivity contribution in [3.63, 3.8) is 0 Å². The fraction of sp³-hybridized carbons (Fsp3) is 0.333. The first-order chi connectivity index (χ1) is 9.36. The Kier molecular flexibility index (Phi) is 5.69. The van der Waals surface area contributed by atoms with Crippen LogP contribution in [0.25, 0.3) is 0 Å². The molecule has 0 saturated heterocycles. The van der Waals surface area contributed by atoms with Crippen LogP contribution in [0.3, 0.4) is 0 Å². The molecular formula is C15H18O4Se. The van der Waals surface area contributed by atoms with Gasteiger partial charge in [0.25, 0.3) is 0 Å². The van der Waals surface area contributed by atoms with E-state index in [9.17, 15) is 14.7 Å². The number of ketones is 1. The SMILES string of the molecule is C=C(C(=O)c1ccccc1[Se]C)C(C)(O)C(=O)OCC. The van der Waals surface area contributed by atoms with Gasteiger partial charge in [-0.2, -0.15) is 0 Å². The molecule has 0 saturated carbocycles. The van der Waals surface area contributed by atoms with Crippen molar-refractivity contribution in [1.82, 2.24) is 0 Å². The molecule has 0 bridgehead atoms. The number of benzene rings is 1. The van der Waals surface area contributed by atoms with Crippen molar-refractivity contribution in [3.8, 4) is 0 Å².